The first-order valence-corrected chi connectivity index (χ1v) is 21.1. The molecule has 0 aromatic heterocycles. The van der Waals surface area contributed by atoms with Gasteiger partial charge in [0.1, 0.15) is 0 Å². The minimum Gasteiger partial charge on any atom is -0.481 e. The van der Waals surface area contributed by atoms with E-state index >= 15 is 0 Å². The molecule has 5 aliphatic heterocycles. The molecule has 5 saturated heterocycles. The molecule has 0 amide bonds. The zero-order chi connectivity index (χ0) is 40.1. The molecule has 1 spiro atoms. The summed E-state index contributed by atoms with van der Waals surface area (Å²) in [6.07, 6.45) is 3.96. The molecule has 0 saturated carbocycles. The van der Waals surface area contributed by atoms with E-state index < -0.39 is 47.4 Å². The van der Waals surface area contributed by atoms with Crippen LogP contribution in [0, 0.1) is 42.4 Å². The molecule has 17 atom stereocenters. The van der Waals surface area contributed by atoms with Crippen molar-refractivity contribution in [1.82, 2.24) is 0 Å². The Morgan fingerprint density at radius 1 is 1.00 bits per heavy atom. The highest BCUT2D eigenvalue weighted by atomic mass is 16.7. The van der Waals surface area contributed by atoms with Crippen LogP contribution in [-0.4, -0.2) is 101 Å². The topological polar surface area (TPSA) is 142 Å². The van der Waals surface area contributed by atoms with E-state index in [4.69, 9.17) is 33.2 Å². The van der Waals surface area contributed by atoms with Crippen LogP contribution in [0.1, 0.15) is 118 Å². The quantitative estimate of drug-likeness (QED) is 0.195. The molecule has 0 unspecified atom stereocenters. The van der Waals surface area contributed by atoms with Gasteiger partial charge in [-0.15, -0.1) is 0 Å². The molecule has 312 valence electrons. The van der Waals surface area contributed by atoms with Crippen LogP contribution >= 0.6 is 0 Å². The summed E-state index contributed by atoms with van der Waals surface area (Å²) in [5, 5.41) is 31.0. The number of aliphatic hydroxyl groups excluding tert-OH is 1. The summed E-state index contributed by atoms with van der Waals surface area (Å²) >= 11 is 0. The average Bonchev–Trinajstić information content (AvgIpc) is 3.87. The largest absolute Gasteiger partial charge is 0.481 e. The summed E-state index contributed by atoms with van der Waals surface area (Å²) < 4.78 is 47.2. The number of hydrogen-bond acceptors (Lipinski definition) is 10. The average molecular weight is 775 g/mol. The second-order valence-electron chi connectivity index (χ2n) is 18.6. The number of aryl methyl sites for hydroxylation is 1. The Morgan fingerprint density at radius 3 is 2.35 bits per heavy atom. The third-order valence-corrected chi connectivity index (χ3v) is 14.6. The van der Waals surface area contributed by atoms with Crippen LogP contribution in [0.3, 0.4) is 0 Å². The second-order valence-corrected chi connectivity index (χ2v) is 18.6. The monoisotopic (exact) mass is 774 g/mol. The van der Waals surface area contributed by atoms with Crippen LogP contribution in [0.5, 0.6) is 0 Å². The molecule has 1 aromatic carbocycles. The Hall–Kier alpha value is -1.67. The van der Waals surface area contributed by atoms with Crippen molar-refractivity contribution < 1.29 is 53.3 Å². The van der Waals surface area contributed by atoms with Gasteiger partial charge in [-0.05, 0) is 76.7 Å². The van der Waals surface area contributed by atoms with Gasteiger partial charge >= 0.3 is 5.97 Å². The Kier molecular flexibility index (Phi) is 12.9. The molecule has 0 bridgehead atoms. The van der Waals surface area contributed by atoms with Crippen LogP contribution in [0.15, 0.2) is 24.3 Å². The van der Waals surface area contributed by atoms with Crippen molar-refractivity contribution in [1.29, 1.82) is 0 Å². The predicted octanol–water partition coefficient (Wildman–Crippen LogP) is 6.81. The summed E-state index contributed by atoms with van der Waals surface area (Å²) in [5.41, 5.74) is 1.16. The van der Waals surface area contributed by atoms with E-state index in [9.17, 15) is 20.1 Å². The Labute approximate surface area is 329 Å². The summed E-state index contributed by atoms with van der Waals surface area (Å²) in [4.78, 5) is 12.1. The number of aliphatic carboxylic acids is 1. The van der Waals surface area contributed by atoms with Gasteiger partial charge in [0, 0.05) is 37.7 Å². The van der Waals surface area contributed by atoms with Crippen molar-refractivity contribution in [2.75, 3.05) is 13.7 Å². The molecule has 1 aromatic rings. The van der Waals surface area contributed by atoms with Gasteiger partial charge < -0.3 is 48.5 Å². The predicted molar refractivity (Wildman–Crippen MR) is 206 cm³/mol. The number of rotatable bonds is 13. The lowest BCUT2D eigenvalue weighted by molar-refractivity contribution is -0.340. The van der Waals surface area contributed by atoms with Crippen molar-refractivity contribution in [2.24, 2.45) is 35.5 Å². The maximum absolute atomic E-state index is 12.1. The van der Waals surface area contributed by atoms with Gasteiger partial charge in [0.2, 0.25) is 0 Å². The summed E-state index contributed by atoms with van der Waals surface area (Å²) in [6.45, 7) is 18.6. The third-order valence-electron chi connectivity index (χ3n) is 14.6. The molecule has 11 nitrogen and oxygen atoms in total. The zero-order valence-corrected chi connectivity index (χ0v) is 35.0. The number of ether oxygens (including phenoxy) is 7. The third kappa shape index (κ3) is 8.31. The lowest BCUT2D eigenvalue weighted by Gasteiger charge is -2.50. The van der Waals surface area contributed by atoms with Gasteiger partial charge in [-0.1, -0.05) is 71.4 Å². The normalized spacial score (nSPS) is 45.2. The molecule has 0 radical (unpaired) electrons. The van der Waals surface area contributed by atoms with E-state index in [1.807, 2.05) is 13.8 Å². The van der Waals surface area contributed by atoms with E-state index in [0.29, 0.717) is 19.4 Å². The SMILES string of the molecule is CC[C@@]1([C@@H]2O[C@@H]([C@H]3O[C@@](O)(CO)[C@H](C)C[C@@H]3C)C[C@@H]2C)CC[C@H]([C@]2(C)CC[C@]3(C[C@H](OCc4ccc(C)cc4)[C@@H](C)[C@@H]([C@@H](C)[C@@H](OC)[C@H](C)C(=O)O)O3)O2)O1. The second kappa shape index (κ2) is 16.5. The number of carbonyl (C=O) groups is 1. The fourth-order valence-corrected chi connectivity index (χ4v) is 11.0. The number of carboxylic acid groups (broad SMARTS) is 1. The number of methoxy groups -OCH3 is 1. The lowest BCUT2D eigenvalue weighted by atomic mass is 9.78. The van der Waals surface area contributed by atoms with Gasteiger partial charge in [-0.2, -0.15) is 0 Å². The van der Waals surface area contributed by atoms with Gasteiger partial charge in [-0.25, -0.2) is 0 Å². The number of hydrogen-bond donors (Lipinski definition) is 3. The summed E-state index contributed by atoms with van der Waals surface area (Å²) in [7, 11) is 1.57. The molecule has 3 N–H and O–H groups in total. The van der Waals surface area contributed by atoms with E-state index in [1.54, 1.807) is 14.0 Å². The maximum atomic E-state index is 12.1. The van der Waals surface area contributed by atoms with Gasteiger partial charge in [0.25, 0.3) is 0 Å². The number of carboxylic acids is 1. The fourth-order valence-electron chi connectivity index (χ4n) is 11.0. The van der Waals surface area contributed by atoms with E-state index in [-0.39, 0.29) is 66.2 Å². The number of aliphatic hydroxyl groups is 2. The first kappa shape index (κ1) is 42.9. The van der Waals surface area contributed by atoms with Crippen molar-refractivity contribution in [3.8, 4) is 0 Å². The molecular weight excluding hydrogens is 704 g/mol. The highest BCUT2D eigenvalue weighted by Crippen LogP contribution is 2.55. The van der Waals surface area contributed by atoms with Crippen molar-refractivity contribution in [2.45, 2.75) is 186 Å². The zero-order valence-electron chi connectivity index (χ0n) is 35.0. The van der Waals surface area contributed by atoms with Gasteiger partial charge in [0.15, 0.2) is 11.6 Å². The molecule has 55 heavy (non-hydrogen) atoms. The molecule has 6 rings (SSSR count). The highest BCUT2D eigenvalue weighted by Gasteiger charge is 2.62. The summed E-state index contributed by atoms with van der Waals surface area (Å²) in [5.74, 6) is -4.20. The van der Waals surface area contributed by atoms with Crippen molar-refractivity contribution in [3.05, 3.63) is 35.4 Å². The van der Waals surface area contributed by atoms with Crippen molar-refractivity contribution in [3.63, 3.8) is 0 Å². The van der Waals surface area contributed by atoms with E-state index in [2.05, 4.69) is 65.8 Å². The number of benzene rings is 1. The first-order valence-electron chi connectivity index (χ1n) is 21.1. The highest BCUT2D eigenvalue weighted by molar-refractivity contribution is 5.70. The molecular formula is C44H70O11. The van der Waals surface area contributed by atoms with Crippen LogP contribution in [-0.2, 0) is 44.6 Å². The van der Waals surface area contributed by atoms with Crippen LogP contribution in [0.4, 0.5) is 0 Å². The lowest BCUT2D eigenvalue weighted by Crippen LogP contribution is -2.57. The standard InChI is InChI=1S/C44H70O11/c1-11-42(39-27(4)21-33(51-39)36-26(3)20-28(5)44(48,24-45)54-36)17-16-35(52-42)41(9)18-19-43(55-41)22-34(50-23-32-14-12-25(2)13-15-32)29(6)38(53-43)30(7)37(49-10)31(8)40(46)47/h12-15,26-31,33-39,45,48H,11,16-24H2,1-10H3,(H,46,47)/t26-,27-,28+,29+,30-,31-,33+,34-,35+,36-,37+,38-,39+,41-,42-,43+,44-/m0/s1. The minimum atomic E-state index is -1.57. The Morgan fingerprint density at radius 2 is 1.71 bits per heavy atom. The molecule has 5 aliphatic rings. The fraction of sp³-hybridized carbons (Fsp3) is 0.841. The molecule has 5 fully saturated rings. The van der Waals surface area contributed by atoms with Gasteiger partial charge in [0.05, 0.1) is 73.1 Å². The van der Waals surface area contributed by atoms with Crippen LogP contribution in [0.2, 0.25) is 0 Å². The molecule has 11 heteroatoms. The minimum absolute atomic E-state index is 0.0444. The van der Waals surface area contributed by atoms with E-state index in [0.717, 1.165) is 44.1 Å². The Balaban J connectivity index is 1.19. The molecule has 0 aliphatic carbocycles. The molecule has 5 heterocycles. The van der Waals surface area contributed by atoms with Crippen LogP contribution in [0.25, 0.3) is 0 Å². The Bertz CT molecular complexity index is 1460. The first-order chi connectivity index (χ1) is 25.9. The van der Waals surface area contributed by atoms with Gasteiger partial charge in [-0.3, -0.25) is 4.79 Å². The summed E-state index contributed by atoms with van der Waals surface area (Å²) in [6, 6.07) is 8.38. The van der Waals surface area contributed by atoms with E-state index in [1.165, 1.54) is 5.56 Å². The maximum Gasteiger partial charge on any atom is 0.308 e. The smallest absolute Gasteiger partial charge is 0.308 e. The van der Waals surface area contributed by atoms with Crippen LogP contribution < -0.4 is 0 Å². The van der Waals surface area contributed by atoms with Crippen molar-refractivity contribution >= 4 is 5.97 Å².